The Labute approximate surface area is 109 Å². The monoisotopic (exact) mass is 257 g/mol. The molecule has 0 fully saturated rings. The zero-order valence-corrected chi connectivity index (χ0v) is 9.96. The predicted octanol–water partition coefficient (Wildman–Crippen LogP) is 1.05. The van der Waals surface area contributed by atoms with Crippen LogP contribution in [-0.2, 0) is 16.0 Å². The number of phenolic OH excluding ortho intramolecular Hbond substituents is 2. The van der Waals surface area contributed by atoms with Crippen molar-refractivity contribution in [3.8, 4) is 11.5 Å². The van der Waals surface area contributed by atoms with E-state index in [0.717, 1.165) is 5.56 Å². The van der Waals surface area contributed by atoms with Crippen LogP contribution in [0.1, 0.15) is 5.56 Å². The molecule has 0 spiro atoms. The second-order valence-corrected chi connectivity index (χ2v) is 4.50. The maximum absolute atomic E-state index is 11.8. The molecule has 0 saturated heterocycles. The summed E-state index contributed by atoms with van der Waals surface area (Å²) in [4.78, 5) is 24.9. The van der Waals surface area contributed by atoms with E-state index in [1.54, 1.807) is 4.90 Å². The van der Waals surface area contributed by atoms with Crippen LogP contribution in [0, 0.1) is 0 Å². The fraction of sp³-hybridized carbons (Fsp3) is 0.143. The van der Waals surface area contributed by atoms with Gasteiger partial charge < -0.3 is 15.1 Å². The molecule has 0 aromatic heterocycles. The second-order valence-electron chi connectivity index (χ2n) is 4.50. The van der Waals surface area contributed by atoms with Gasteiger partial charge in [0.05, 0.1) is 5.70 Å². The number of allylic oxidation sites excluding steroid dienone is 3. The molecule has 1 aliphatic heterocycles. The van der Waals surface area contributed by atoms with E-state index >= 15 is 0 Å². The normalized spacial score (nSPS) is 17.7. The Balaban J connectivity index is 2.05. The van der Waals surface area contributed by atoms with Gasteiger partial charge in [-0.2, -0.15) is 0 Å². The van der Waals surface area contributed by atoms with E-state index in [-0.39, 0.29) is 23.1 Å². The average Bonchev–Trinajstić information content (AvgIpc) is 2.76. The molecule has 5 nitrogen and oxygen atoms in total. The molecule has 19 heavy (non-hydrogen) atoms. The summed E-state index contributed by atoms with van der Waals surface area (Å²) in [5.74, 6) is -0.886. The SMILES string of the molecule is O=C1C=CC(=O)C(N2CCc3cc(O)c(O)cc32)=C1. The molecule has 2 N–H and O–H groups in total. The summed E-state index contributed by atoms with van der Waals surface area (Å²) in [6.45, 7) is 0.539. The molecule has 0 amide bonds. The molecular formula is C14H11NO4. The van der Waals surface area contributed by atoms with Crippen LogP contribution in [0.25, 0.3) is 0 Å². The highest BCUT2D eigenvalue weighted by Crippen LogP contribution is 2.39. The van der Waals surface area contributed by atoms with Crippen molar-refractivity contribution in [1.82, 2.24) is 0 Å². The summed E-state index contributed by atoms with van der Waals surface area (Å²) in [5.41, 5.74) is 1.79. The molecule has 1 aromatic carbocycles. The summed E-state index contributed by atoms with van der Waals surface area (Å²) in [5, 5.41) is 19.0. The van der Waals surface area contributed by atoms with Crippen LogP contribution in [0.15, 0.2) is 36.1 Å². The smallest absolute Gasteiger partial charge is 0.202 e. The number of aromatic hydroxyl groups is 2. The fourth-order valence-corrected chi connectivity index (χ4v) is 2.37. The molecule has 0 bridgehead atoms. The number of fused-ring (bicyclic) bond motifs is 1. The minimum Gasteiger partial charge on any atom is -0.504 e. The van der Waals surface area contributed by atoms with Gasteiger partial charge in [0, 0.05) is 24.4 Å². The zero-order chi connectivity index (χ0) is 13.6. The fourth-order valence-electron chi connectivity index (χ4n) is 2.37. The first-order chi connectivity index (χ1) is 9.06. The highest BCUT2D eigenvalue weighted by atomic mass is 16.3. The topological polar surface area (TPSA) is 77.8 Å². The number of benzene rings is 1. The lowest BCUT2D eigenvalue weighted by molar-refractivity contribution is -0.114. The van der Waals surface area contributed by atoms with Crippen LogP contribution in [0.5, 0.6) is 11.5 Å². The Hall–Kier alpha value is -2.56. The summed E-state index contributed by atoms with van der Waals surface area (Å²) in [6, 6.07) is 2.89. The summed E-state index contributed by atoms with van der Waals surface area (Å²) in [6.07, 6.45) is 4.42. The number of nitrogens with zero attached hydrogens (tertiary/aromatic N) is 1. The van der Waals surface area contributed by atoms with Crippen molar-refractivity contribution in [2.45, 2.75) is 6.42 Å². The van der Waals surface area contributed by atoms with Gasteiger partial charge in [0.1, 0.15) is 0 Å². The minimum absolute atomic E-state index is 0.180. The lowest BCUT2D eigenvalue weighted by Gasteiger charge is -2.22. The van der Waals surface area contributed by atoms with Crippen LogP contribution >= 0.6 is 0 Å². The van der Waals surface area contributed by atoms with E-state index in [1.807, 2.05) is 0 Å². The van der Waals surface area contributed by atoms with Gasteiger partial charge in [-0.15, -0.1) is 0 Å². The standard InChI is InChI=1S/C14H11NO4/c16-9-1-2-12(17)11(6-9)15-4-3-8-5-13(18)14(19)7-10(8)15/h1-2,5-7,18-19H,3-4H2. The number of hydrogen-bond acceptors (Lipinski definition) is 5. The van der Waals surface area contributed by atoms with Gasteiger partial charge in [0.15, 0.2) is 17.3 Å². The lowest BCUT2D eigenvalue weighted by atomic mass is 10.1. The number of carbonyl (C=O) groups is 2. The Morgan fingerprint density at radius 2 is 1.79 bits per heavy atom. The molecule has 1 aromatic rings. The summed E-state index contributed by atoms with van der Waals surface area (Å²) in [7, 11) is 0. The quantitative estimate of drug-likeness (QED) is 0.581. The van der Waals surface area contributed by atoms with E-state index in [1.165, 1.54) is 30.4 Å². The number of anilines is 1. The molecule has 0 saturated carbocycles. The number of phenols is 2. The summed E-state index contributed by atoms with van der Waals surface area (Å²) < 4.78 is 0. The van der Waals surface area contributed by atoms with Gasteiger partial charge in [0.2, 0.25) is 5.78 Å². The van der Waals surface area contributed by atoms with E-state index in [2.05, 4.69) is 0 Å². The van der Waals surface area contributed by atoms with Gasteiger partial charge in [0.25, 0.3) is 0 Å². The summed E-state index contributed by atoms with van der Waals surface area (Å²) >= 11 is 0. The zero-order valence-electron chi connectivity index (χ0n) is 9.96. The number of hydrogen-bond donors (Lipinski definition) is 2. The molecule has 1 aliphatic carbocycles. The molecule has 3 rings (SSSR count). The van der Waals surface area contributed by atoms with Gasteiger partial charge in [-0.25, -0.2) is 0 Å². The molecule has 0 unspecified atom stereocenters. The molecular weight excluding hydrogens is 246 g/mol. The predicted molar refractivity (Wildman–Crippen MR) is 68.1 cm³/mol. The number of carbonyl (C=O) groups excluding carboxylic acids is 2. The van der Waals surface area contributed by atoms with Gasteiger partial charge in [-0.05, 0) is 30.2 Å². The van der Waals surface area contributed by atoms with Crippen LogP contribution < -0.4 is 4.90 Å². The van der Waals surface area contributed by atoms with Gasteiger partial charge in [-0.3, -0.25) is 9.59 Å². The van der Waals surface area contributed by atoms with E-state index in [9.17, 15) is 19.8 Å². The van der Waals surface area contributed by atoms with Crippen molar-refractivity contribution in [1.29, 1.82) is 0 Å². The average molecular weight is 257 g/mol. The minimum atomic E-state index is -0.239. The van der Waals surface area contributed by atoms with Crippen molar-refractivity contribution >= 4 is 17.3 Å². The van der Waals surface area contributed by atoms with Crippen molar-refractivity contribution < 1.29 is 19.8 Å². The molecule has 1 heterocycles. The van der Waals surface area contributed by atoms with Crippen LogP contribution in [-0.4, -0.2) is 28.3 Å². The van der Waals surface area contributed by atoms with Crippen LogP contribution in [0.3, 0.4) is 0 Å². The van der Waals surface area contributed by atoms with E-state index < -0.39 is 0 Å². The van der Waals surface area contributed by atoms with Crippen molar-refractivity contribution in [2.75, 3.05) is 11.4 Å². The van der Waals surface area contributed by atoms with E-state index in [0.29, 0.717) is 24.4 Å². The van der Waals surface area contributed by atoms with Crippen molar-refractivity contribution in [3.63, 3.8) is 0 Å². The first-order valence-electron chi connectivity index (χ1n) is 5.87. The number of ketones is 2. The third kappa shape index (κ3) is 1.79. The number of rotatable bonds is 1. The third-order valence-corrected chi connectivity index (χ3v) is 3.29. The lowest BCUT2D eigenvalue weighted by Crippen LogP contribution is -2.27. The van der Waals surface area contributed by atoms with Crippen molar-refractivity contribution in [2.24, 2.45) is 0 Å². The Morgan fingerprint density at radius 3 is 2.58 bits per heavy atom. The molecule has 2 aliphatic rings. The van der Waals surface area contributed by atoms with E-state index in [4.69, 9.17) is 0 Å². The Kier molecular flexibility index (Phi) is 2.41. The van der Waals surface area contributed by atoms with Crippen LogP contribution in [0.4, 0.5) is 5.69 Å². The first kappa shape index (κ1) is 11.5. The second kappa shape index (κ2) is 3.98. The van der Waals surface area contributed by atoms with Gasteiger partial charge in [-0.1, -0.05) is 0 Å². The molecule has 96 valence electrons. The largest absolute Gasteiger partial charge is 0.504 e. The molecule has 0 atom stereocenters. The molecule has 5 heteroatoms. The maximum Gasteiger partial charge on any atom is 0.202 e. The van der Waals surface area contributed by atoms with Gasteiger partial charge >= 0.3 is 0 Å². The maximum atomic E-state index is 11.8. The Bertz CT molecular complexity index is 658. The van der Waals surface area contributed by atoms with Crippen molar-refractivity contribution in [3.05, 3.63) is 41.6 Å². The Morgan fingerprint density at radius 1 is 1.05 bits per heavy atom. The highest BCUT2D eigenvalue weighted by Gasteiger charge is 2.28. The first-order valence-corrected chi connectivity index (χ1v) is 5.87. The highest BCUT2D eigenvalue weighted by molar-refractivity contribution is 6.18. The molecule has 0 radical (unpaired) electrons. The third-order valence-electron chi connectivity index (χ3n) is 3.29. The van der Waals surface area contributed by atoms with Crippen LogP contribution in [0.2, 0.25) is 0 Å².